The first-order valence-corrected chi connectivity index (χ1v) is 6.07. The largest absolute Gasteiger partial charge is 0.490 e. The average molecular weight is 289 g/mol. The predicted molar refractivity (Wildman–Crippen MR) is 77.1 cm³/mol. The van der Waals surface area contributed by atoms with Crippen molar-refractivity contribution in [3.05, 3.63) is 29.8 Å². The van der Waals surface area contributed by atoms with Gasteiger partial charge in [-0.3, -0.25) is 4.79 Å². The summed E-state index contributed by atoms with van der Waals surface area (Å²) >= 11 is 0. The fourth-order valence-electron chi connectivity index (χ4n) is 1.42. The van der Waals surface area contributed by atoms with Gasteiger partial charge in [0, 0.05) is 19.7 Å². The maximum absolute atomic E-state index is 11.8. The van der Waals surface area contributed by atoms with Gasteiger partial charge in [0.2, 0.25) is 0 Å². The van der Waals surface area contributed by atoms with E-state index in [1.165, 1.54) is 0 Å². The smallest absolute Gasteiger partial charge is 0.255 e. The molecule has 108 valence electrons. The van der Waals surface area contributed by atoms with E-state index in [1.807, 2.05) is 13.0 Å². The fraction of sp³-hybridized carbons (Fsp3) is 0.462. The first kappa shape index (κ1) is 17.7. The molecule has 0 saturated carbocycles. The molecule has 0 bridgehead atoms. The molecule has 0 aromatic heterocycles. The number of ether oxygens (including phenoxy) is 2. The van der Waals surface area contributed by atoms with Gasteiger partial charge in [0.05, 0.1) is 12.2 Å². The highest BCUT2D eigenvalue weighted by Gasteiger charge is 2.10. The molecule has 3 N–H and O–H groups in total. The SMILES string of the molecule is CCOCCOc1ccccc1C(=O)NCCN.Cl. The lowest BCUT2D eigenvalue weighted by molar-refractivity contribution is 0.0937. The van der Waals surface area contributed by atoms with Crippen molar-refractivity contribution in [2.75, 3.05) is 32.9 Å². The Balaban J connectivity index is 0.00000324. The Morgan fingerprint density at radius 3 is 2.74 bits per heavy atom. The average Bonchev–Trinajstić information content (AvgIpc) is 2.41. The molecule has 0 radical (unpaired) electrons. The van der Waals surface area contributed by atoms with Gasteiger partial charge < -0.3 is 20.5 Å². The van der Waals surface area contributed by atoms with Gasteiger partial charge in [0.25, 0.3) is 5.91 Å². The highest BCUT2D eigenvalue weighted by Crippen LogP contribution is 2.17. The van der Waals surface area contributed by atoms with E-state index in [0.29, 0.717) is 44.2 Å². The molecule has 0 aliphatic carbocycles. The zero-order valence-corrected chi connectivity index (χ0v) is 11.9. The summed E-state index contributed by atoms with van der Waals surface area (Å²) in [6.45, 7) is 4.38. The van der Waals surface area contributed by atoms with E-state index in [1.54, 1.807) is 18.2 Å². The quantitative estimate of drug-likeness (QED) is 0.705. The first-order valence-electron chi connectivity index (χ1n) is 6.07. The number of para-hydroxylation sites is 1. The van der Waals surface area contributed by atoms with Crippen LogP contribution in [0.4, 0.5) is 0 Å². The van der Waals surface area contributed by atoms with Crippen molar-refractivity contribution in [1.82, 2.24) is 5.32 Å². The lowest BCUT2D eigenvalue weighted by Crippen LogP contribution is -2.29. The van der Waals surface area contributed by atoms with Gasteiger partial charge in [-0.05, 0) is 19.1 Å². The molecular formula is C13H21ClN2O3. The number of halogens is 1. The molecule has 6 heteroatoms. The fourth-order valence-corrected chi connectivity index (χ4v) is 1.42. The summed E-state index contributed by atoms with van der Waals surface area (Å²) in [6.07, 6.45) is 0. The Labute approximate surface area is 119 Å². The lowest BCUT2D eigenvalue weighted by atomic mass is 10.2. The third kappa shape index (κ3) is 6.42. The van der Waals surface area contributed by atoms with Crippen LogP contribution in [0.15, 0.2) is 24.3 Å². The molecule has 1 rings (SSSR count). The van der Waals surface area contributed by atoms with Gasteiger partial charge in [-0.15, -0.1) is 12.4 Å². The van der Waals surface area contributed by atoms with Crippen LogP contribution in [0.2, 0.25) is 0 Å². The van der Waals surface area contributed by atoms with Crippen LogP contribution < -0.4 is 15.8 Å². The summed E-state index contributed by atoms with van der Waals surface area (Å²) in [5.74, 6) is 0.388. The van der Waals surface area contributed by atoms with Gasteiger partial charge in [0.15, 0.2) is 0 Å². The second kappa shape index (κ2) is 10.6. The molecule has 1 aromatic carbocycles. The maximum Gasteiger partial charge on any atom is 0.255 e. The minimum absolute atomic E-state index is 0. The van der Waals surface area contributed by atoms with Gasteiger partial charge in [-0.25, -0.2) is 0 Å². The number of nitrogens with two attached hydrogens (primary N) is 1. The van der Waals surface area contributed by atoms with Crippen molar-refractivity contribution in [1.29, 1.82) is 0 Å². The van der Waals surface area contributed by atoms with E-state index < -0.39 is 0 Å². The minimum atomic E-state index is -0.174. The monoisotopic (exact) mass is 288 g/mol. The third-order valence-electron chi connectivity index (χ3n) is 2.25. The van der Waals surface area contributed by atoms with Crippen LogP contribution >= 0.6 is 12.4 Å². The standard InChI is InChI=1S/C13H20N2O3.ClH/c1-2-17-9-10-18-12-6-4-3-5-11(12)13(16)15-8-7-14;/h3-6H,2,7-10,14H2,1H3,(H,15,16);1H. The number of amides is 1. The van der Waals surface area contributed by atoms with Gasteiger partial charge >= 0.3 is 0 Å². The van der Waals surface area contributed by atoms with Gasteiger partial charge in [0.1, 0.15) is 12.4 Å². The number of rotatable bonds is 8. The van der Waals surface area contributed by atoms with Crippen molar-refractivity contribution in [2.24, 2.45) is 5.73 Å². The summed E-state index contributed by atoms with van der Waals surface area (Å²) in [4.78, 5) is 11.8. The van der Waals surface area contributed by atoms with Gasteiger partial charge in [-0.2, -0.15) is 0 Å². The number of carbonyl (C=O) groups excluding carboxylic acids is 1. The van der Waals surface area contributed by atoms with E-state index in [2.05, 4.69) is 5.32 Å². The van der Waals surface area contributed by atoms with Crippen LogP contribution in [-0.4, -0.2) is 38.8 Å². The van der Waals surface area contributed by atoms with Crippen LogP contribution in [0.25, 0.3) is 0 Å². The zero-order valence-electron chi connectivity index (χ0n) is 11.1. The summed E-state index contributed by atoms with van der Waals surface area (Å²) in [5, 5.41) is 2.72. The van der Waals surface area contributed by atoms with Crippen LogP contribution in [0.5, 0.6) is 5.75 Å². The van der Waals surface area contributed by atoms with Crippen LogP contribution in [0.1, 0.15) is 17.3 Å². The molecule has 0 spiro atoms. The number of hydrogen-bond acceptors (Lipinski definition) is 4. The number of nitrogens with one attached hydrogen (secondary N) is 1. The van der Waals surface area contributed by atoms with E-state index in [-0.39, 0.29) is 18.3 Å². The van der Waals surface area contributed by atoms with Gasteiger partial charge in [-0.1, -0.05) is 12.1 Å². The van der Waals surface area contributed by atoms with E-state index in [4.69, 9.17) is 15.2 Å². The van der Waals surface area contributed by atoms with Crippen molar-refractivity contribution in [3.8, 4) is 5.75 Å². The molecule has 0 saturated heterocycles. The zero-order chi connectivity index (χ0) is 13.2. The summed E-state index contributed by atoms with van der Waals surface area (Å²) in [6, 6.07) is 7.12. The molecule has 0 atom stereocenters. The minimum Gasteiger partial charge on any atom is -0.490 e. The van der Waals surface area contributed by atoms with Crippen molar-refractivity contribution >= 4 is 18.3 Å². The van der Waals surface area contributed by atoms with Crippen molar-refractivity contribution < 1.29 is 14.3 Å². The maximum atomic E-state index is 11.8. The second-order valence-corrected chi connectivity index (χ2v) is 3.59. The van der Waals surface area contributed by atoms with Crippen LogP contribution in [0, 0.1) is 0 Å². The molecule has 19 heavy (non-hydrogen) atoms. The molecular weight excluding hydrogens is 268 g/mol. The molecule has 0 fully saturated rings. The normalized spacial score (nSPS) is 9.58. The Kier molecular flexibility index (Phi) is 9.88. The summed E-state index contributed by atoms with van der Waals surface area (Å²) in [7, 11) is 0. The molecule has 1 aromatic rings. The van der Waals surface area contributed by atoms with Crippen LogP contribution in [-0.2, 0) is 4.74 Å². The Morgan fingerprint density at radius 1 is 1.32 bits per heavy atom. The third-order valence-corrected chi connectivity index (χ3v) is 2.25. The van der Waals surface area contributed by atoms with Crippen molar-refractivity contribution in [3.63, 3.8) is 0 Å². The number of benzene rings is 1. The Hall–Kier alpha value is -1.30. The van der Waals surface area contributed by atoms with E-state index in [0.717, 1.165) is 0 Å². The summed E-state index contributed by atoms with van der Waals surface area (Å²) < 4.78 is 10.7. The molecule has 0 heterocycles. The topological polar surface area (TPSA) is 73.6 Å². The second-order valence-electron chi connectivity index (χ2n) is 3.59. The van der Waals surface area contributed by atoms with Crippen LogP contribution in [0.3, 0.4) is 0 Å². The Bertz CT molecular complexity index is 375. The molecule has 0 aliphatic heterocycles. The number of hydrogen-bond donors (Lipinski definition) is 2. The molecule has 0 unspecified atom stereocenters. The van der Waals surface area contributed by atoms with E-state index >= 15 is 0 Å². The highest BCUT2D eigenvalue weighted by molar-refractivity contribution is 5.96. The summed E-state index contributed by atoms with van der Waals surface area (Å²) in [5.41, 5.74) is 5.86. The first-order chi connectivity index (χ1) is 8.79. The van der Waals surface area contributed by atoms with E-state index in [9.17, 15) is 4.79 Å². The molecule has 0 aliphatic rings. The predicted octanol–water partition coefficient (Wildman–Crippen LogP) is 1.21. The molecule has 1 amide bonds. The lowest BCUT2D eigenvalue weighted by Gasteiger charge is -2.11. The highest BCUT2D eigenvalue weighted by atomic mass is 35.5. The number of carbonyl (C=O) groups is 1. The molecule has 5 nitrogen and oxygen atoms in total. The van der Waals surface area contributed by atoms with Crippen molar-refractivity contribution in [2.45, 2.75) is 6.92 Å². The Morgan fingerprint density at radius 2 is 2.05 bits per heavy atom.